The summed E-state index contributed by atoms with van der Waals surface area (Å²) < 4.78 is 6.02. The van der Waals surface area contributed by atoms with Crippen molar-refractivity contribution < 1.29 is 9.53 Å². The second kappa shape index (κ2) is 7.82. The van der Waals surface area contributed by atoms with E-state index in [1.165, 1.54) is 16.8 Å². The fourth-order valence-electron chi connectivity index (χ4n) is 4.75. The summed E-state index contributed by atoms with van der Waals surface area (Å²) in [5.74, 6) is 0.984. The van der Waals surface area contributed by atoms with Crippen molar-refractivity contribution in [3.8, 4) is 5.75 Å². The summed E-state index contributed by atoms with van der Waals surface area (Å²) in [5, 5.41) is 3.35. The predicted octanol–water partition coefficient (Wildman–Crippen LogP) is 5.20. The van der Waals surface area contributed by atoms with Crippen molar-refractivity contribution in [2.45, 2.75) is 58.0 Å². The maximum Gasteiger partial charge on any atom is 0.223 e. The van der Waals surface area contributed by atoms with Crippen LogP contribution in [0.15, 0.2) is 48.5 Å². The van der Waals surface area contributed by atoms with Gasteiger partial charge in [0, 0.05) is 29.6 Å². The Morgan fingerprint density at radius 3 is 2.80 bits per heavy atom. The monoisotopic (exact) mass is 404 g/mol. The number of amides is 1. The number of hydrogen-bond acceptors (Lipinski definition) is 3. The number of nitrogens with one attached hydrogen (secondary N) is 1. The van der Waals surface area contributed by atoms with Gasteiger partial charge in [-0.25, -0.2) is 0 Å². The first-order chi connectivity index (χ1) is 14.4. The molecule has 1 amide bonds. The van der Waals surface area contributed by atoms with E-state index < -0.39 is 5.66 Å². The van der Waals surface area contributed by atoms with Crippen LogP contribution >= 0.6 is 0 Å². The van der Waals surface area contributed by atoms with Gasteiger partial charge < -0.3 is 15.0 Å². The van der Waals surface area contributed by atoms with Gasteiger partial charge in [0.05, 0.1) is 6.61 Å². The first kappa shape index (κ1) is 20.5. The van der Waals surface area contributed by atoms with Gasteiger partial charge in [0.25, 0.3) is 0 Å². The molecule has 1 saturated heterocycles. The molecular weight excluding hydrogens is 372 g/mol. The summed E-state index contributed by atoms with van der Waals surface area (Å²) in [7, 11) is 0. The molecule has 0 aromatic heterocycles. The van der Waals surface area contributed by atoms with Crippen LogP contribution < -0.4 is 15.0 Å². The highest BCUT2D eigenvalue weighted by Gasteiger charge is 2.57. The average molecular weight is 405 g/mol. The van der Waals surface area contributed by atoms with Crippen molar-refractivity contribution in [1.29, 1.82) is 0 Å². The van der Waals surface area contributed by atoms with Crippen molar-refractivity contribution in [2.24, 2.45) is 0 Å². The van der Waals surface area contributed by atoms with Gasteiger partial charge in [-0.05, 0) is 37.1 Å². The van der Waals surface area contributed by atoms with Gasteiger partial charge in [-0.1, -0.05) is 69.2 Å². The number of ether oxygens (including phenoxy) is 1. The van der Waals surface area contributed by atoms with Crippen LogP contribution in [0.5, 0.6) is 5.75 Å². The lowest BCUT2D eigenvalue weighted by Crippen LogP contribution is -2.68. The molecule has 158 valence electrons. The molecule has 0 aliphatic carbocycles. The molecule has 0 spiro atoms. The fourth-order valence-corrected chi connectivity index (χ4v) is 4.75. The third-order valence-corrected chi connectivity index (χ3v) is 6.57. The van der Waals surface area contributed by atoms with Gasteiger partial charge in [0.1, 0.15) is 11.4 Å². The number of unbranched alkanes of at least 4 members (excludes halogenated alkanes) is 1. The lowest BCUT2D eigenvalue weighted by atomic mass is 9.74. The van der Waals surface area contributed by atoms with Crippen LogP contribution in [-0.4, -0.2) is 24.7 Å². The van der Waals surface area contributed by atoms with Crippen LogP contribution in [0.3, 0.4) is 0 Å². The molecule has 4 rings (SSSR count). The Labute approximate surface area is 179 Å². The highest BCUT2D eigenvalue weighted by molar-refractivity contribution is 5.85. The minimum absolute atomic E-state index is 0.0981. The number of benzene rings is 2. The molecular formula is C26H32N2O2. The van der Waals surface area contributed by atoms with Gasteiger partial charge >= 0.3 is 0 Å². The summed E-state index contributed by atoms with van der Waals surface area (Å²) in [4.78, 5) is 14.9. The summed E-state index contributed by atoms with van der Waals surface area (Å²) in [6.45, 7) is 10.2. The van der Waals surface area contributed by atoms with E-state index in [-0.39, 0.29) is 11.3 Å². The molecule has 30 heavy (non-hydrogen) atoms. The first-order valence-corrected chi connectivity index (χ1v) is 11.0. The second-order valence-electron chi connectivity index (χ2n) is 8.93. The highest BCUT2D eigenvalue weighted by atomic mass is 16.5. The highest BCUT2D eigenvalue weighted by Crippen LogP contribution is 2.52. The van der Waals surface area contributed by atoms with Crippen molar-refractivity contribution in [1.82, 2.24) is 5.32 Å². The van der Waals surface area contributed by atoms with E-state index in [0.29, 0.717) is 19.6 Å². The van der Waals surface area contributed by atoms with Crippen LogP contribution in [-0.2, 0) is 10.2 Å². The number of aryl methyl sites for hydroxylation is 1. The van der Waals surface area contributed by atoms with Crippen molar-refractivity contribution >= 4 is 17.7 Å². The van der Waals surface area contributed by atoms with Gasteiger partial charge in [0.15, 0.2) is 0 Å². The zero-order valence-electron chi connectivity index (χ0n) is 18.5. The molecule has 0 saturated carbocycles. The third kappa shape index (κ3) is 3.28. The SMILES string of the molecule is CCCCOc1ccccc1C=C[C@]12NC(=O)CCN1c1ccc(C)cc1C2(C)C. The lowest BCUT2D eigenvalue weighted by molar-refractivity contribution is -0.124. The Bertz CT molecular complexity index is 979. The van der Waals surface area contributed by atoms with Crippen LogP contribution in [0.1, 0.15) is 56.7 Å². The molecule has 0 unspecified atom stereocenters. The second-order valence-corrected chi connectivity index (χ2v) is 8.93. The molecule has 1 fully saturated rings. The lowest BCUT2D eigenvalue weighted by Gasteiger charge is -2.49. The fraction of sp³-hybridized carbons (Fsp3) is 0.423. The summed E-state index contributed by atoms with van der Waals surface area (Å²) in [6.07, 6.45) is 6.93. The van der Waals surface area contributed by atoms with E-state index in [4.69, 9.17) is 4.74 Å². The number of anilines is 1. The standard InChI is InChI=1S/C26H32N2O2/c1-5-6-17-30-23-10-8-7-9-20(23)13-15-26-25(3,4)21-18-19(2)11-12-22(21)28(26)16-14-24(29)27-26/h7-13,15,18H,5-6,14,16-17H2,1-4H3,(H,27,29)/t26-/m0/s1. The number of hydrogen-bond donors (Lipinski definition) is 1. The molecule has 0 radical (unpaired) electrons. The molecule has 2 aromatic rings. The van der Waals surface area contributed by atoms with Crippen LogP contribution in [0.4, 0.5) is 5.69 Å². The molecule has 2 aliphatic heterocycles. The van der Waals surface area contributed by atoms with Crippen LogP contribution in [0, 0.1) is 6.92 Å². The van der Waals surface area contributed by atoms with Gasteiger partial charge in [0.2, 0.25) is 5.91 Å². The van der Waals surface area contributed by atoms with Crippen LogP contribution in [0.25, 0.3) is 6.08 Å². The molecule has 2 heterocycles. The number of para-hydroxylation sites is 1. The van der Waals surface area contributed by atoms with Crippen molar-refractivity contribution in [3.63, 3.8) is 0 Å². The summed E-state index contributed by atoms with van der Waals surface area (Å²) >= 11 is 0. The zero-order valence-corrected chi connectivity index (χ0v) is 18.5. The number of nitrogens with zero attached hydrogens (tertiary/aromatic N) is 1. The van der Waals surface area contributed by atoms with Gasteiger partial charge in [-0.15, -0.1) is 0 Å². The molecule has 4 nitrogen and oxygen atoms in total. The average Bonchev–Trinajstić information content (AvgIpc) is 2.91. The van der Waals surface area contributed by atoms with E-state index >= 15 is 0 Å². The smallest absolute Gasteiger partial charge is 0.223 e. The quantitative estimate of drug-likeness (QED) is 0.673. The van der Waals surface area contributed by atoms with Crippen molar-refractivity contribution in [3.05, 3.63) is 65.2 Å². The zero-order chi connectivity index (χ0) is 21.4. The van der Waals surface area contributed by atoms with Crippen molar-refractivity contribution in [2.75, 3.05) is 18.1 Å². The number of carbonyl (C=O) groups excluding carboxylic acids is 1. The minimum atomic E-state index is -0.602. The topological polar surface area (TPSA) is 41.6 Å². The Kier molecular flexibility index (Phi) is 5.35. The van der Waals surface area contributed by atoms with Crippen LogP contribution in [0.2, 0.25) is 0 Å². The van der Waals surface area contributed by atoms with E-state index in [9.17, 15) is 4.79 Å². The van der Waals surface area contributed by atoms with E-state index in [2.05, 4.69) is 74.3 Å². The third-order valence-electron chi connectivity index (χ3n) is 6.57. The van der Waals surface area contributed by atoms with Gasteiger partial charge in [-0.2, -0.15) is 0 Å². The number of rotatable bonds is 6. The minimum Gasteiger partial charge on any atom is -0.493 e. The Morgan fingerprint density at radius 2 is 2.00 bits per heavy atom. The Morgan fingerprint density at radius 1 is 1.20 bits per heavy atom. The molecule has 1 atom stereocenters. The predicted molar refractivity (Wildman–Crippen MR) is 123 cm³/mol. The molecule has 4 heteroatoms. The molecule has 2 aliphatic rings. The van der Waals surface area contributed by atoms with E-state index in [0.717, 1.165) is 24.2 Å². The van der Waals surface area contributed by atoms with Gasteiger partial charge in [-0.3, -0.25) is 4.79 Å². The maximum absolute atomic E-state index is 12.6. The van der Waals surface area contributed by atoms with E-state index in [1.807, 2.05) is 18.2 Å². The molecule has 1 N–H and O–H groups in total. The Balaban J connectivity index is 1.76. The molecule has 0 bridgehead atoms. The number of carbonyl (C=O) groups is 1. The van der Waals surface area contributed by atoms with E-state index in [1.54, 1.807) is 0 Å². The molecule has 2 aromatic carbocycles. The number of fused-ring (bicyclic) bond motifs is 3. The summed E-state index contributed by atoms with van der Waals surface area (Å²) in [5.41, 5.74) is 3.88. The normalized spacial score (nSPS) is 22.0. The maximum atomic E-state index is 12.6. The Hall–Kier alpha value is -2.75. The summed E-state index contributed by atoms with van der Waals surface area (Å²) in [6, 6.07) is 14.7. The first-order valence-electron chi connectivity index (χ1n) is 11.0. The largest absolute Gasteiger partial charge is 0.493 e.